The summed E-state index contributed by atoms with van der Waals surface area (Å²) in [6, 6.07) is 12.0. The van der Waals surface area contributed by atoms with Gasteiger partial charge in [0, 0.05) is 0 Å². The molecular weight excluding hydrogens is 360 g/mol. The number of aromatic carboxylic acids is 1. The Morgan fingerprint density at radius 2 is 1.73 bits per heavy atom. The average Bonchev–Trinajstić information content (AvgIpc) is 2.59. The molecule has 26 heavy (non-hydrogen) atoms. The van der Waals surface area contributed by atoms with Crippen molar-refractivity contribution in [3.63, 3.8) is 0 Å². The molecule has 0 aromatic heterocycles. The number of carbonyl (C=O) groups is 2. The molecule has 0 atom stereocenters. The van der Waals surface area contributed by atoms with Crippen LogP contribution in [0.25, 0.3) is 0 Å². The predicted octanol–water partition coefficient (Wildman–Crippen LogP) is 1.80. The van der Waals surface area contributed by atoms with Crippen LogP contribution in [-0.4, -0.2) is 45.3 Å². The van der Waals surface area contributed by atoms with E-state index in [2.05, 4.69) is 5.32 Å². The van der Waals surface area contributed by atoms with Crippen LogP contribution in [0.1, 0.15) is 10.4 Å². The molecule has 138 valence electrons. The SMILES string of the molecule is COc1ccc(N(CC(=O)Nc2ccccc2C(=O)O)S(C)(=O)=O)cc1. The van der Waals surface area contributed by atoms with Crippen molar-refractivity contribution in [2.75, 3.05) is 29.5 Å². The van der Waals surface area contributed by atoms with E-state index in [1.807, 2.05) is 0 Å². The molecular formula is C17H18N2O6S. The number of anilines is 2. The van der Waals surface area contributed by atoms with E-state index in [1.165, 1.54) is 37.4 Å². The third-order valence-electron chi connectivity index (χ3n) is 3.48. The number of hydrogen-bond donors (Lipinski definition) is 2. The highest BCUT2D eigenvalue weighted by atomic mass is 32.2. The van der Waals surface area contributed by atoms with Crippen LogP contribution in [0.5, 0.6) is 5.75 Å². The van der Waals surface area contributed by atoms with Crippen molar-refractivity contribution in [2.24, 2.45) is 0 Å². The number of sulfonamides is 1. The van der Waals surface area contributed by atoms with Gasteiger partial charge in [-0.1, -0.05) is 12.1 Å². The molecule has 9 heteroatoms. The van der Waals surface area contributed by atoms with Crippen molar-refractivity contribution >= 4 is 33.3 Å². The highest BCUT2D eigenvalue weighted by Crippen LogP contribution is 2.22. The summed E-state index contributed by atoms with van der Waals surface area (Å²) >= 11 is 0. The van der Waals surface area contributed by atoms with E-state index >= 15 is 0 Å². The van der Waals surface area contributed by atoms with Crippen LogP contribution in [-0.2, 0) is 14.8 Å². The maximum absolute atomic E-state index is 12.3. The van der Waals surface area contributed by atoms with Gasteiger partial charge in [0.15, 0.2) is 0 Å². The third-order valence-corrected chi connectivity index (χ3v) is 4.62. The van der Waals surface area contributed by atoms with Crippen LogP contribution in [0.4, 0.5) is 11.4 Å². The van der Waals surface area contributed by atoms with E-state index in [1.54, 1.807) is 18.2 Å². The fourth-order valence-corrected chi connectivity index (χ4v) is 3.10. The summed E-state index contributed by atoms with van der Waals surface area (Å²) in [5.74, 6) is -1.32. The number of hydrogen-bond acceptors (Lipinski definition) is 5. The van der Waals surface area contributed by atoms with Gasteiger partial charge in [0.2, 0.25) is 15.9 Å². The molecule has 0 unspecified atom stereocenters. The molecule has 2 aromatic rings. The van der Waals surface area contributed by atoms with Gasteiger partial charge < -0.3 is 15.2 Å². The van der Waals surface area contributed by atoms with Gasteiger partial charge in [-0.2, -0.15) is 0 Å². The first-order chi connectivity index (χ1) is 12.2. The number of carbonyl (C=O) groups excluding carboxylic acids is 1. The Hall–Kier alpha value is -3.07. The fraction of sp³-hybridized carbons (Fsp3) is 0.176. The van der Waals surface area contributed by atoms with Crippen LogP contribution < -0.4 is 14.4 Å². The Labute approximate surface area is 151 Å². The average molecular weight is 378 g/mol. The molecule has 2 N–H and O–H groups in total. The molecule has 0 spiro atoms. The normalized spacial score (nSPS) is 10.8. The maximum atomic E-state index is 12.3. The molecule has 0 aliphatic rings. The fourth-order valence-electron chi connectivity index (χ4n) is 2.25. The second kappa shape index (κ2) is 7.87. The highest BCUT2D eigenvalue weighted by molar-refractivity contribution is 7.92. The molecule has 2 aromatic carbocycles. The Balaban J connectivity index is 2.24. The Bertz CT molecular complexity index is 909. The predicted molar refractivity (Wildman–Crippen MR) is 97.2 cm³/mol. The maximum Gasteiger partial charge on any atom is 0.337 e. The standard InChI is InChI=1S/C17H18N2O6S/c1-25-13-9-7-12(8-10-13)19(26(2,23)24)11-16(20)18-15-6-4-3-5-14(15)17(21)22/h3-10H,11H2,1-2H3,(H,18,20)(H,21,22). The molecule has 0 fully saturated rings. The van der Waals surface area contributed by atoms with Crippen LogP contribution >= 0.6 is 0 Å². The van der Waals surface area contributed by atoms with Crippen molar-refractivity contribution in [2.45, 2.75) is 0 Å². The van der Waals surface area contributed by atoms with Gasteiger partial charge in [-0.05, 0) is 36.4 Å². The Kier molecular flexibility index (Phi) is 5.83. The summed E-state index contributed by atoms with van der Waals surface area (Å²) in [5, 5.41) is 11.6. The van der Waals surface area contributed by atoms with Gasteiger partial charge >= 0.3 is 5.97 Å². The minimum absolute atomic E-state index is 0.0868. The number of carboxylic acids is 1. The molecule has 0 saturated heterocycles. The molecule has 0 bridgehead atoms. The molecule has 0 radical (unpaired) electrons. The zero-order valence-corrected chi connectivity index (χ0v) is 15.0. The summed E-state index contributed by atoms with van der Waals surface area (Å²) in [6.07, 6.45) is 0.982. The minimum Gasteiger partial charge on any atom is -0.497 e. The Morgan fingerprint density at radius 1 is 1.12 bits per heavy atom. The lowest BCUT2D eigenvalue weighted by Crippen LogP contribution is -2.37. The van der Waals surface area contributed by atoms with E-state index in [4.69, 9.17) is 9.84 Å². The first kappa shape index (κ1) is 19.3. The number of nitrogens with zero attached hydrogens (tertiary/aromatic N) is 1. The Morgan fingerprint density at radius 3 is 2.27 bits per heavy atom. The number of carboxylic acid groups (broad SMARTS) is 1. The van der Waals surface area contributed by atoms with Gasteiger partial charge in [0.05, 0.1) is 30.3 Å². The quantitative estimate of drug-likeness (QED) is 0.760. The lowest BCUT2D eigenvalue weighted by Gasteiger charge is -2.22. The first-order valence-corrected chi connectivity index (χ1v) is 9.31. The lowest BCUT2D eigenvalue weighted by atomic mass is 10.2. The van der Waals surface area contributed by atoms with E-state index in [0.29, 0.717) is 5.75 Å². The lowest BCUT2D eigenvalue weighted by molar-refractivity contribution is -0.114. The summed E-state index contributed by atoms with van der Waals surface area (Å²) in [7, 11) is -2.25. The van der Waals surface area contributed by atoms with Gasteiger partial charge in [-0.25, -0.2) is 13.2 Å². The number of benzene rings is 2. The van der Waals surface area contributed by atoms with Crippen molar-refractivity contribution in [3.05, 3.63) is 54.1 Å². The third kappa shape index (κ3) is 4.73. The van der Waals surface area contributed by atoms with Gasteiger partial charge in [0.25, 0.3) is 0 Å². The molecule has 0 aliphatic heterocycles. The number of rotatable bonds is 7. The van der Waals surface area contributed by atoms with Crippen molar-refractivity contribution in [1.82, 2.24) is 0 Å². The molecule has 8 nitrogen and oxygen atoms in total. The van der Waals surface area contributed by atoms with Crippen LogP contribution in [0.3, 0.4) is 0 Å². The van der Waals surface area contributed by atoms with Gasteiger partial charge in [0.1, 0.15) is 12.3 Å². The van der Waals surface area contributed by atoms with Crippen molar-refractivity contribution < 1.29 is 27.9 Å². The van der Waals surface area contributed by atoms with E-state index < -0.39 is 28.4 Å². The zero-order valence-electron chi connectivity index (χ0n) is 14.2. The number of nitrogens with one attached hydrogen (secondary N) is 1. The zero-order chi connectivity index (χ0) is 19.3. The molecule has 0 saturated carbocycles. The topological polar surface area (TPSA) is 113 Å². The molecule has 0 heterocycles. The summed E-state index contributed by atoms with van der Waals surface area (Å²) in [5.41, 5.74) is 0.291. The minimum atomic E-state index is -3.74. The second-order valence-electron chi connectivity index (χ2n) is 5.37. The summed E-state index contributed by atoms with van der Waals surface area (Å²) in [4.78, 5) is 23.5. The van der Waals surface area contributed by atoms with E-state index in [-0.39, 0.29) is 16.9 Å². The van der Waals surface area contributed by atoms with Crippen LogP contribution in [0.2, 0.25) is 0 Å². The van der Waals surface area contributed by atoms with Crippen LogP contribution in [0.15, 0.2) is 48.5 Å². The highest BCUT2D eigenvalue weighted by Gasteiger charge is 2.22. The summed E-state index contributed by atoms with van der Waals surface area (Å²) < 4.78 is 30.1. The van der Waals surface area contributed by atoms with Crippen molar-refractivity contribution in [3.8, 4) is 5.75 Å². The van der Waals surface area contributed by atoms with Gasteiger partial charge in [-0.3, -0.25) is 9.10 Å². The first-order valence-electron chi connectivity index (χ1n) is 7.46. The smallest absolute Gasteiger partial charge is 0.337 e. The molecule has 0 aliphatic carbocycles. The summed E-state index contributed by atoms with van der Waals surface area (Å²) in [6.45, 7) is -0.501. The number of methoxy groups -OCH3 is 1. The van der Waals surface area contributed by atoms with E-state index in [0.717, 1.165) is 10.6 Å². The van der Waals surface area contributed by atoms with Crippen LogP contribution in [0, 0.1) is 0 Å². The molecule has 1 amide bonds. The van der Waals surface area contributed by atoms with Crippen molar-refractivity contribution in [1.29, 1.82) is 0 Å². The second-order valence-corrected chi connectivity index (χ2v) is 7.27. The number of ether oxygens (including phenoxy) is 1. The van der Waals surface area contributed by atoms with Gasteiger partial charge in [-0.15, -0.1) is 0 Å². The monoisotopic (exact) mass is 378 g/mol. The molecule has 2 rings (SSSR count). The largest absolute Gasteiger partial charge is 0.497 e. The number of amides is 1. The van der Waals surface area contributed by atoms with E-state index in [9.17, 15) is 18.0 Å². The number of para-hydroxylation sites is 1.